The number of nitrogens with one attached hydrogen (secondary N) is 1. The molecule has 0 spiro atoms. The van der Waals surface area contributed by atoms with E-state index in [9.17, 15) is 18.0 Å². The van der Waals surface area contributed by atoms with Gasteiger partial charge in [-0.15, -0.1) is 0 Å². The van der Waals surface area contributed by atoms with Gasteiger partial charge in [-0.05, 0) is 74.2 Å². The quantitative estimate of drug-likeness (QED) is 0.160. The Morgan fingerprint density at radius 3 is 2.17 bits per heavy atom. The Labute approximate surface area is 283 Å². The lowest BCUT2D eigenvalue weighted by Gasteiger charge is -2.34. The van der Waals surface area contributed by atoms with Gasteiger partial charge < -0.3 is 15.0 Å². The Bertz CT molecular complexity index is 1780. The average molecular weight is 676 g/mol. The highest BCUT2D eigenvalue weighted by molar-refractivity contribution is 7.92. The number of carbonyl (C=O) groups is 2. The number of methoxy groups -OCH3 is 1. The number of carbonyl (C=O) groups excluding carboxylic acids is 2. The van der Waals surface area contributed by atoms with Gasteiger partial charge in [-0.25, -0.2) is 8.42 Å². The van der Waals surface area contributed by atoms with Gasteiger partial charge in [-0.3, -0.25) is 13.9 Å². The molecule has 0 bridgehead atoms. The van der Waals surface area contributed by atoms with Crippen LogP contribution >= 0.6 is 11.6 Å². The van der Waals surface area contributed by atoms with E-state index in [1.807, 2.05) is 58.0 Å². The summed E-state index contributed by atoms with van der Waals surface area (Å²) in [5.41, 5.74) is 3.35. The fraction of sp³-hybridized carbons (Fsp3) is 0.297. The number of halogens is 1. The second-order valence-electron chi connectivity index (χ2n) is 11.6. The maximum Gasteiger partial charge on any atom is 0.264 e. The molecule has 8 nitrogen and oxygen atoms in total. The number of rotatable bonds is 14. The van der Waals surface area contributed by atoms with Crippen molar-refractivity contribution in [3.8, 4) is 5.75 Å². The topological polar surface area (TPSA) is 96.0 Å². The van der Waals surface area contributed by atoms with Crippen molar-refractivity contribution in [2.24, 2.45) is 0 Å². The molecule has 0 unspecified atom stereocenters. The highest BCUT2D eigenvalue weighted by Gasteiger charge is 2.36. The molecule has 10 heteroatoms. The minimum atomic E-state index is -4.28. The summed E-state index contributed by atoms with van der Waals surface area (Å²) < 4.78 is 35.4. The Kier molecular flexibility index (Phi) is 12.1. The Morgan fingerprint density at radius 2 is 1.53 bits per heavy atom. The van der Waals surface area contributed by atoms with Crippen molar-refractivity contribution in [3.63, 3.8) is 0 Å². The Balaban J connectivity index is 1.87. The number of ether oxygens (including phenoxy) is 1. The molecule has 0 radical (unpaired) electrons. The number of sulfonamides is 1. The Hall–Kier alpha value is -4.34. The molecule has 47 heavy (non-hydrogen) atoms. The fourth-order valence-electron chi connectivity index (χ4n) is 5.15. The van der Waals surface area contributed by atoms with Gasteiger partial charge in [0.15, 0.2) is 0 Å². The summed E-state index contributed by atoms with van der Waals surface area (Å²) in [6.07, 6.45) is 0.899. The summed E-state index contributed by atoms with van der Waals surface area (Å²) >= 11 is 6.59. The first-order valence-electron chi connectivity index (χ1n) is 15.6. The molecule has 4 aromatic carbocycles. The van der Waals surface area contributed by atoms with Gasteiger partial charge in [0.1, 0.15) is 18.3 Å². The minimum Gasteiger partial charge on any atom is -0.495 e. The second kappa shape index (κ2) is 16.0. The number of hydrogen-bond donors (Lipinski definition) is 1. The first kappa shape index (κ1) is 35.5. The van der Waals surface area contributed by atoms with E-state index in [1.165, 1.54) is 24.1 Å². The number of aryl methyl sites for hydroxylation is 2. The van der Waals surface area contributed by atoms with Gasteiger partial charge in [0, 0.05) is 24.0 Å². The van der Waals surface area contributed by atoms with Crippen LogP contribution in [0.4, 0.5) is 5.69 Å². The molecule has 0 aliphatic heterocycles. The third kappa shape index (κ3) is 8.93. The molecule has 1 N–H and O–H groups in total. The summed E-state index contributed by atoms with van der Waals surface area (Å²) in [6.45, 7) is 6.95. The summed E-state index contributed by atoms with van der Waals surface area (Å²) in [4.78, 5) is 30.2. The molecular weight excluding hydrogens is 634 g/mol. The largest absolute Gasteiger partial charge is 0.495 e. The zero-order valence-corrected chi connectivity index (χ0v) is 29.0. The van der Waals surface area contributed by atoms with Crippen LogP contribution in [-0.2, 0) is 32.6 Å². The third-order valence-electron chi connectivity index (χ3n) is 8.06. The molecule has 0 saturated heterocycles. The van der Waals surface area contributed by atoms with E-state index in [0.29, 0.717) is 17.0 Å². The van der Waals surface area contributed by atoms with E-state index in [-0.39, 0.29) is 41.2 Å². The molecule has 2 amide bonds. The van der Waals surface area contributed by atoms with Crippen LogP contribution in [0.5, 0.6) is 5.75 Å². The van der Waals surface area contributed by atoms with E-state index in [1.54, 1.807) is 54.6 Å². The number of hydrogen-bond acceptors (Lipinski definition) is 5. The van der Waals surface area contributed by atoms with E-state index in [4.69, 9.17) is 16.3 Å². The summed E-state index contributed by atoms with van der Waals surface area (Å²) in [5.74, 6) is -0.638. The van der Waals surface area contributed by atoms with Crippen LogP contribution in [-0.4, -0.2) is 50.9 Å². The maximum absolute atomic E-state index is 14.7. The summed E-state index contributed by atoms with van der Waals surface area (Å²) in [6, 6.07) is 27.0. The SMILES string of the molecule is CC[C@H](C)NC(=O)[C@@H](Cc1ccccc1)N(Cc1ccccc1Cl)C(=O)CN(c1cc(C)ccc1OC)S(=O)(=O)c1ccc(C)cc1. The van der Waals surface area contributed by atoms with Gasteiger partial charge in [-0.1, -0.05) is 90.8 Å². The van der Waals surface area contributed by atoms with Crippen LogP contribution in [0.15, 0.2) is 102 Å². The predicted octanol–water partition coefficient (Wildman–Crippen LogP) is 6.72. The standard InChI is InChI=1S/C37H42ClN3O5S/c1-6-28(4)39-37(43)34(23-29-12-8-7-9-13-29)40(24-30-14-10-11-15-32(30)38)36(42)25-41(33-22-27(3)18-21-35(33)46-5)47(44,45)31-19-16-26(2)17-20-31/h7-22,28,34H,6,23-25H2,1-5H3,(H,39,43)/t28-,34+/m0/s1. The van der Waals surface area contributed by atoms with Crippen molar-refractivity contribution in [2.75, 3.05) is 18.0 Å². The molecule has 248 valence electrons. The summed E-state index contributed by atoms with van der Waals surface area (Å²) in [5, 5.41) is 3.47. The molecule has 0 aliphatic carbocycles. The zero-order valence-electron chi connectivity index (χ0n) is 27.4. The molecule has 0 fully saturated rings. The van der Waals surface area contributed by atoms with Crippen LogP contribution in [0.3, 0.4) is 0 Å². The highest BCUT2D eigenvalue weighted by Crippen LogP contribution is 2.34. The van der Waals surface area contributed by atoms with Crippen molar-refractivity contribution < 1.29 is 22.7 Å². The van der Waals surface area contributed by atoms with Crippen molar-refractivity contribution >= 4 is 39.1 Å². The molecule has 0 aliphatic rings. The number of anilines is 1. The number of benzene rings is 4. The fourth-order valence-corrected chi connectivity index (χ4v) is 6.76. The zero-order chi connectivity index (χ0) is 34.1. The van der Waals surface area contributed by atoms with Gasteiger partial charge in [0.2, 0.25) is 11.8 Å². The van der Waals surface area contributed by atoms with E-state index >= 15 is 0 Å². The number of nitrogens with zero attached hydrogens (tertiary/aromatic N) is 2. The molecule has 0 saturated carbocycles. The maximum atomic E-state index is 14.7. The van der Waals surface area contributed by atoms with E-state index in [2.05, 4.69) is 5.32 Å². The lowest BCUT2D eigenvalue weighted by atomic mass is 10.0. The molecule has 4 rings (SSSR count). The Morgan fingerprint density at radius 1 is 0.894 bits per heavy atom. The molecular formula is C37H42ClN3O5S. The van der Waals surface area contributed by atoms with Gasteiger partial charge in [0.05, 0.1) is 17.7 Å². The lowest BCUT2D eigenvalue weighted by Crippen LogP contribution is -2.54. The molecule has 2 atom stereocenters. The van der Waals surface area contributed by atoms with Crippen molar-refractivity contribution in [1.29, 1.82) is 0 Å². The molecule has 0 heterocycles. The lowest BCUT2D eigenvalue weighted by molar-refractivity contribution is -0.140. The van der Waals surface area contributed by atoms with Crippen LogP contribution in [0.25, 0.3) is 0 Å². The predicted molar refractivity (Wildman–Crippen MR) is 187 cm³/mol. The van der Waals surface area contributed by atoms with Crippen molar-refractivity contribution in [2.45, 2.75) is 64.1 Å². The van der Waals surface area contributed by atoms with E-state index in [0.717, 1.165) is 21.0 Å². The van der Waals surface area contributed by atoms with Crippen LogP contribution in [0, 0.1) is 13.8 Å². The van der Waals surface area contributed by atoms with Crippen LogP contribution in [0.1, 0.15) is 42.5 Å². The highest BCUT2D eigenvalue weighted by atomic mass is 35.5. The van der Waals surface area contributed by atoms with Crippen molar-refractivity contribution in [1.82, 2.24) is 10.2 Å². The van der Waals surface area contributed by atoms with Gasteiger partial charge in [0.25, 0.3) is 10.0 Å². The third-order valence-corrected chi connectivity index (χ3v) is 10.2. The summed E-state index contributed by atoms with van der Waals surface area (Å²) in [7, 11) is -2.83. The first-order chi connectivity index (χ1) is 22.4. The van der Waals surface area contributed by atoms with Gasteiger partial charge in [-0.2, -0.15) is 0 Å². The van der Waals surface area contributed by atoms with Crippen molar-refractivity contribution in [3.05, 3.63) is 124 Å². The van der Waals surface area contributed by atoms with Gasteiger partial charge >= 0.3 is 0 Å². The van der Waals surface area contributed by atoms with Crippen LogP contribution < -0.4 is 14.4 Å². The smallest absolute Gasteiger partial charge is 0.264 e. The normalized spacial score (nSPS) is 12.6. The first-order valence-corrected chi connectivity index (χ1v) is 17.4. The van der Waals surface area contributed by atoms with Crippen LogP contribution in [0.2, 0.25) is 5.02 Å². The molecule has 0 aromatic heterocycles. The molecule has 4 aromatic rings. The monoisotopic (exact) mass is 675 g/mol. The second-order valence-corrected chi connectivity index (χ2v) is 13.9. The average Bonchev–Trinajstić information content (AvgIpc) is 3.06. The van der Waals surface area contributed by atoms with E-state index < -0.39 is 28.5 Å². The number of amides is 2. The minimum absolute atomic E-state index is 0.0205.